The number of phosphoric acid groups is 1. The van der Waals surface area contributed by atoms with Crippen LogP contribution in [0, 0.1) is 59.2 Å². The number of carbonyl (C=O) groups excluding carboxylic acids is 7. The summed E-state index contributed by atoms with van der Waals surface area (Å²) in [6, 6.07) is 2.70. The number of hydrogen-bond acceptors (Lipinski definition) is 18. The van der Waals surface area contributed by atoms with E-state index in [0.29, 0.717) is 56.4 Å². The molecule has 1 aromatic carbocycles. The second-order valence-corrected chi connectivity index (χ2v) is 28.4. The van der Waals surface area contributed by atoms with E-state index in [1.807, 2.05) is 87.4 Å². The molecule has 8 rings (SSSR count). The van der Waals surface area contributed by atoms with Gasteiger partial charge in [-0.1, -0.05) is 34.6 Å². The lowest BCUT2D eigenvalue weighted by Gasteiger charge is -2.48. The molecule has 28 heteroatoms. The van der Waals surface area contributed by atoms with Crippen LogP contribution in [0.4, 0.5) is 0 Å². The fourth-order valence-electron chi connectivity index (χ4n) is 15.4. The molecular formula is C62H90N13O14P. The topological polar surface area (TPSA) is 460 Å². The third-order valence-corrected chi connectivity index (χ3v) is 21.7. The fourth-order valence-corrected chi connectivity index (χ4v) is 16.6. The number of benzene rings is 1. The molecule has 6 aliphatic heterocycles. The normalized spacial score (nSPS) is 32.8. The van der Waals surface area contributed by atoms with Gasteiger partial charge in [-0.15, -0.1) is 0 Å². The van der Waals surface area contributed by atoms with Crippen LogP contribution in [0.15, 0.2) is 67.8 Å². The van der Waals surface area contributed by atoms with Crippen LogP contribution in [0.25, 0.3) is 11.0 Å². The summed E-state index contributed by atoms with van der Waals surface area (Å²) in [4.78, 5) is 126. The number of primary amides is 6. The molecule has 90 heavy (non-hydrogen) atoms. The highest BCUT2D eigenvalue weighted by Gasteiger charge is 2.66. The van der Waals surface area contributed by atoms with Crippen LogP contribution in [0.3, 0.4) is 0 Å². The highest BCUT2D eigenvalue weighted by molar-refractivity contribution is 7.47. The quantitative estimate of drug-likeness (QED) is 0.0603. The first-order valence-corrected chi connectivity index (χ1v) is 32.1. The number of fused-ring (bicyclic) bond motifs is 7. The lowest BCUT2D eigenvalue weighted by molar-refractivity contribution is -0.124. The maximum Gasteiger partial charge on any atom is 0.472 e. The lowest BCUT2D eigenvalue weighted by atomic mass is 9.55. The average Bonchev–Trinajstić information content (AvgIpc) is 1.53. The fraction of sp³-hybridized carbons (Fsp3) is 0.629. The van der Waals surface area contributed by atoms with E-state index >= 15 is 0 Å². The van der Waals surface area contributed by atoms with Crippen LogP contribution in [-0.4, -0.2) is 132 Å². The monoisotopic (exact) mass is 1270 g/mol. The Morgan fingerprint density at radius 2 is 1.40 bits per heavy atom. The molecule has 6 aliphatic rings. The SMILES string of the molecule is CC1=C2N=C(C=C3N/C(=C(/C)C4=N[C@@](C)([C@H]5N=C1[C@@](C)(CCC(=O)NC[C@H](C)OP(=O)(O)O[C@@H]1[C@H](O)[C@H](n6cnc7cc(C)c(C)cc76)O[C@@H]1CO)[C@@H]5CC(N)=O)[C@](C)(CC(N)=O)[C@H]4CCC(N)=O)[C@@](C)(CC(N)=O)[C@@H]3CCC(N)=O)C(C)(C)[C@@H]2CCC(N)=O. The largest absolute Gasteiger partial charge is 0.472 e. The number of aryl methyl sites for hydroxylation is 2. The smallest absolute Gasteiger partial charge is 0.394 e. The van der Waals surface area contributed by atoms with Crippen molar-refractivity contribution in [2.24, 2.45) is 94.7 Å². The molecule has 0 aliphatic carbocycles. The molecule has 492 valence electrons. The Kier molecular flexibility index (Phi) is 19.6. The van der Waals surface area contributed by atoms with Gasteiger partial charge in [0.2, 0.25) is 41.4 Å². The third-order valence-electron chi connectivity index (χ3n) is 20.6. The van der Waals surface area contributed by atoms with E-state index in [1.54, 1.807) is 4.57 Å². The summed E-state index contributed by atoms with van der Waals surface area (Å²) in [7, 11) is -5.07. The van der Waals surface area contributed by atoms with Crippen LogP contribution in [-0.2, 0) is 51.9 Å². The number of nitrogens with two attached hydrogens (primary N) is 6. The van der Waals surface area contributed by atoms with E-state index in [9.17, 15) is 53.2 Å². The minimum Gasteiger partial charge on any atom is -0.394 e. The molecule has 7 heterocycles. The Hall–Kier alpha value is -7.00. The Balaban J connectivity index is 1.19. The van der Waals surface area contributed by atoms with E-state index in [-0.39, 0.29) is 77.2 Å². The molecule has 17 N–H and O–H groups in total. The number of allylic oxidation sites excluding steroid dienone is 6. The van der Waals surface area contributed by atoms with E-state index in [4.69, 9.17) is 63.2 Å². The molecule has 0 spiro atoms. The number of nitrogens with zero attached hydrogens (tertiary/aromatic N) is 5. The maximum absolute atomic E-state index is 14.4. The molecule has 2 saturated heterocycles. The number of aliphatic hydroxyl groups excluding tert-OH is 2. The number of phosphoric ester groups is 1. The number of amides is 7. The van der Waals surface area contributed by atoms with Gasteiger partial charge in [-0.3, -0.25) is 57.6 Å². The number of aromatic nitrogens is 2. The van der Waals surface area contributed by atoms with Crippen LogP contribution in [0.1, 0.15) is 150 Å². The summed E-state index contributed by atoms with van der Waals surface area (Å²) < 4.78 is 32.3. The van der Waals surface area contributed by atoms with Gasteiger partial charge >= 0.3 is 7.82 Å². The molecule has 1 unspecified atom stereocenters. The lowest BCUT2D eigenvalue weighted by Crippen LogP contribution is -2.56. The summed E-state index contributed by atoms with van der Waals surface area (Å²) in [5.74, 6) is -7.18. The highest BCUT2D eigenvalue weighted by atomic mass is 31.2. The molecule has 1 aromatic heterocycles. The zero-order valence-corrected chi connectivity index (χ0v) is 54.1. The molecule has 2 fully saturated rings. The summed E-state index contributed by atoms with van der Waals surface area (Å²) in [5.41, 5.74) is 37.4. The van der Waals surface area contributed by atoms with Crippen molar-refractivity contribution >= 4 is 77.3 Å². The van der Waals surface area contributed by atoms with Crippen molar-refractivity contribution < 1.29 is 67.0 Å². The van der Waals surface area contributed by atoms with Crippen LogP contribution in [0.5, 0.6) is 0 Å². The first-order valence-electron chi connectivity index (χ1n) is 30.6. The van der Waals surface area contributed by atoms with Gasteiger partial charge in [-0.25, -0.2) is 9.55 Å². The van der Waals surface area contributed by atoms with Gasteiger partial charge in [0.05, 0.1) is 41.7 Å². The number of nitrogens with one attached hydrogen (secondary N) is 2. The summed E-state index contributed by atoms with van der Waals surface area (Å²) >= 11 is 0. The van der Waals surface area contributed by atoms with Gasteiger partial charge in [0.1, 0.15) is 18.3 Å². The van der Waals surface area contributed by atoms with Gasteiger partial charge in [-0.05, 0) is 108 Å². The number of hydrogen-bond donors (Lipinski definition) is 11. The second kappa shape index (κ2) is 25.6. The Labute approximate surface area is 523 Å². The van der Waals surface area contributed by atoms with Crippen LogP contribution < -0.4 is 45.0 Å². The van der Waals surface area contributed by atoms with E-state index in [1.165, 1.54) is 13.3 Å². The number of aliphatic imine (C=N–C) groups is 3. The molecular weight excluding hydrogens is 1180 g/mol. The van der Waals surface area contributed by atoms with Crippen molar-refractivity contribution in [2.45, 2.75) is 189 Å². The molecule has 8 bridgehead atoms. The maximum atomic E-state index is 14.4. The molecule has 2 aromatic rings. The standard InChI is InChI=1S/C62H90N13O14P/c1-29-20-39-40(21-30(29)2)75(28-70-39)57-52(84)53(41(27-76)87-57)89-90(85,86)88-31(3)26-69-49(83)18-19-59(8)37(22-46(66)80)56-62(11)61(10,25-48(68)82)36(14-17-45(65)79)51(74-62)33(5)55-60(9,24-47(67)81)34(12-15-43(63)77)38(71-55)23-42-58(6,7)35(13-16-44(64)78)50(72-42)32(4)54(59)73-56/h20-21,23,28,31,34-37,41,52-53,56-57,71,76,84H,12-19,22,24-27H2,1-11H3,(H2,63,77)(H2,64,78)(H2,65,79)(H2,66,80)(H2,67,81)(H2,68,82)(H,69,83)(H,85,86)/b38-23?,50-32?,55-33-/t31-,34+,35+,36-,37+,41+,52-,53-,56-,57+,59-,60-,61+,62-/m0/s1. The Bertz CT molecular complexity index is 3540. The van der Waals surface area contributed by atoms with Crippen molar-refractivity contribution in [1.29, 1.82) is 0 Å². The van der Waals surface area contributed by atoms with Gasteiger partial charge in [-0.2, -0.15) is 0 Å². The summed E-state index contributed by atoms with van der Waals surface area (Å²) in [6.45, 7) is 19.3. The third kappa shape index (κ3) is 13.0. The number of imidazole rings is 1. The number of rotatable bonds is 26. The number of aliphatic hydroxyl groups is 2. The first kappa shape index (κ1) is 68.9. The second-order valence-electron chi connectivity index (χ2n) is 27.1. The van der Waals surface area contributed by atoms with Crippen LogP contribution in [0.2, 0.25) is 0 Å². The van der Waals surface area contributed by atoms with Crippen molar-refractivity contribution in [3.8, 4) is 0 Å². The predicted octanol–water partition coefficient (Wildman–Crippen LogP) is 3.16. The van der Waals surface area contributed by atoms with Gasteiger partial charge in [0.15, 0.2) is 6.23 Å². The van der Waals surface area contributed by atoms with E-state index in [2.05, 4.69) is 15.6 Å². The minimum absolute atomic E-state index is 0.0114. The van der Waals surface area contributed by atoms with Crippen molar-refractivity contribution in [1.82, 2.24) is 20.2 Å². The van der Waals surface area contributed by atoms with E-state index in [0.717, 1.165) is 11.1 Å². The van der Waals surface area contributed by atoms with Gasteiger partial charge in [0, 0.05) is 131 Å². The summed E-state index contributed by atoms with van der Waals surface area (Å²) in [6.07, 6.45) is -4.26. The van der Waals surface area contributed by atoms with Gasteiger partial charge in [0.25, 0.3) is 0 Å². The highest BCUT2D eigenvalue weighted by Crippen LogP contribution is 2.63. The zero-order valence-electron chi connectivity index (χ0n) is 53.3. The molecule has 0 radical (unpaired) electrons. The Morgan fingerprint density at radius 3 is 1.99 bits per heavy atom. The molecule has 7 amide bonds. The van der Waals surface area contributed by atoms with Crippen molar-refractivity contribution in [3.63, 3.8) is 0 Å². The first-order chi connectivity index (χ1) is 41.8. The van der Waals surface area contributed by atoms with E-state index < -0.39 is 143 Å². The molecule has 0 saturated carbocycles. The summed E-state index contributed by atoms with van der Waals surface area (Å²) in [5, 5.41) is 28.2. The average molecular weight is 1270 g/mol. The van der Waals surface area contributed by atoms with Crippen molar-refractivity contribution in [3.05, 3.63) is 63.9 Å². The number of carbonyl (C=O) groups is 7. The van der Waals surface area contributed by atoms with Gasteiger partial charge < -0.3 is 69.4 Å². The number of ether oxygens (including phenoxy) is 1. The Morgan fingerprint density at radius 1 is 0.800 bits per heavy atom. The predicted molar refractivity (Wildman–Crippen MR) is 334 cm³/mol. The molecule has 27 nitrogen and oxygen atoms in total. The zero-order chi connectivity index (χ0) is 66.7. The minimum atomic E-state index is -5.07. The van der Waals surface area contributed by atoms with Crippen molar-refractivity contribution in [2.75, 3.05) is 13.2 Å². The molecule has 15 atom stereocenters. The van der Waals surface area contributed by atoms with Crippen LogP contribution >= 0.6 is 7.82 Å².